The SMILES string of the molecule is CCOP(=O)(/C=C1/CC[C@H](n2cc(C)c(=O)[nH]c2=O)O1)OCC. The van der Waals surface area contributed by atoms with Crippen LogP contribution < -0.4 is 11.2 Å². The highest BCUT2D eigenvalue weighted by Gasteiger charge is 2.28. The van der Waals surface area contributed by atoms with Gasteiger partial charge in [0.25, 0.3) is 5.56 Å². The van der Waals surface area contributed by atoms with E-state index in [2.05, 4.69) is 4.98 Å². The average Bonchev–Trinajstić information content (AvgIpc) is 2.91. The van der Waals surface area contributed by atoms with Crippen molar-refractivity contribution in [1.82, 2.24) is 9.55 Å². The van der Waals surface area contributed by atoms with Crippen LogP contribution in [-0.2, 0) is 18.3 Å². The number of H-pyrrole nitrogens is 1. The number of aromatic nitrogens is 2. The van der Waals surface area contributed by atoms with Crippen molar-refractivity contribution < 1.29 is 18.3 Å². The topological polar surface area (TPSA) is 99.6 Å². The molecule has 8 nitrogen and oxygen atoms in total. The molecule has 0 spiro atoms. The van der Waals surface area contributed by atoms with Crippen molar-refractivity contribution in [2.24, 2.45) is 0 Å². The molecule has 1 N–H and O–H groups in total. The molecule has 0 radical (unpaired) electrons. The molecule has 23 heavy (non-hydrogen) atoms. The molecule has 1 aromatic rings. The summed E-state index contributed by atoms with van der Waals surface area (Å²) in [6, 6.07) is 0. The van der Waals surface area contributed by atoms with E-state index in [4.69, 9.17) is 13.8 Å². The molecule has 2 rings (SSSR count). The van der Waals surface area contributed by atoms with Crippen LogP contribution in [0.15, 0.2) is 27.4 Å². The normalized spacial score (nSPS) is 20.0. The summed E-state index contributed by atoms with van der Waals surface area (Å²) in [5.41, 5.74) is -0.540. The van der Waals surface area contributed by atoms with Crippen LogP contribution in [0, 0.1) is 6.92 Å². The molecule has 128 valence electrons. The lowest BCUT2D eigenvalue weighted by atomic mass is 10.3. The quantitative estimate of drug-likeness (QED) is 0.795. The lowest BCUT2D eigenvalue weighted by molar-refractivity contribution is 0.0926. The molecule has 9 heteroatoms. The van der Waals surface area contributed by atoms with Crippen molar-refractivity contribution >= 4 is 7.60 Å². The van der Waals surface area contributed by atoms with Crippen molar-refractivity contribution in [2.45, 2.75) is 39.8 Å². The predicted octanol–water partition coefficient (Wildman–Crippen LogP) is 2.26. The number of nitrogens with one attached hydrogen (secondary N) is 1. The molecule has 0 unspecified atom stereocenters. The summed E-state index contributed by atoms with van der Waals surface area (Å²) in [5.74, 6) is 1.82. The average molecular weight is 344 g/mol. The van der Waals surface area contributed by atoms with E-state index in [-0.39, 0.29) is 13.2 Å². The Morgan fingerprint density at radius 2 is 2.04 bits per heavy atom. The third kappa shape index (κ3) is 4.22. The number of ether oxygens (including phenoxy) is 1. The van der Waals surface area contributed by atoms with E-state index in [0.717, 1.165) is 0 Å². The maximum absolute atomic E-state index is 12.5. The standard InChI is InChI=1S/C14H21N2O6P/c1-4-20-23(19,21-5-2)9-11-6-7-12(22-11)16-8-10(3)13(17)15-14(16)18/h8-9,12H,4-7H2,1-3H3,(H,15,17,18)/b11-9-/t12-/m1/s1. The molecule has 1 aliphatic rings. The highest BCUT2D eigenvalue weighted by Crippen LogP contribution is 2.52. The maximum atomic E-state index is 12.5. The Kier molecular flexibility index (Phi) is 5.62. The zero-order valence-corrected chi connectivity index (χ0v) is 14.3. The van der Waals surface area contributed by atoms with Crippen molar-refractivity contribution in [2.75, 3.05) is 13.2 Å². The molecule has 0 saturated carbocycles. The Labute approximate surface area is 133 Å². The Morgan fingerprint density at radius 1 is 1.39 bits per heavy atom. The summed E-state index contributed by atoms with van der Waals surface area (Å²) in [6.45, 7) is 5.57. The van der Waals surface area contributed by atoms with Gasteiger partial charge in [-0.3, -0.25) is 18.9 Å². The molecule has 1 atom stereocenters. The van der Waals surface area contributed by atoms with E-state index < -0.39 is 25.1 Å². The molecule has 0 aliphatic carbocycles. The van der Waals surface area contributed by atoms with Crippen molar-refractivity contribution in [1.29, 1.82) is 0 Å². The van der Waals surface area contributed by atoms with Crippen molar-refractivity contribution in [3.8, 4) is 0 Å². The maximum Gasteiger partial charge on any atom is 0.357 e. The summed E-state index contributed by atoms with van der Waals surface area (Å²) < 4.78 is 29.9. The second-order valence-corrected chi connectivity index (χ2v) is 6.91. The molecule has 0 aromatic carbocycles. The lowest BCUT2D eigenvalue weighted by Crippen LogP contribution is -2.33. The van der Waals surface area contributed by atoms with Crippen LogP contribution in [-0.4, -0.2) is 22.8 Å². The Balaban J connectivity index is 2.22. The van der Waals surface area contributed by atoms with Gasteiger partial charge in [-0.25, -0.2) is 4.79 Å². The molecule has 1 aromatic heterocycles. The first-order valence-electron chi connectivity index (χ1n) is 7.47. The summed E-state index contributed by atoms with van der Waals surface area (Å²) in [5, 5.41) is 0. The second kappa shape index (κ2) is 7.29. The number of rotatable bonds is 6. The monoisotopic (exact) mass is 344 g/mol. The first-order chi connectivity index (χ1) is 10.9. The van der Waals surface area contributed by atoms with Crippen LogP contribution in [0.4, 0.5) is 0 Å². The third-order valence-corrected chi connectivity index (χ3v) is 5.14. The van der Waals surface area contributed by atoms with Gasteiger partial charge in [0.1, 0.15) is 5.76 Å². The van der Waals surface area contributed by atoms with E-state index in [1.54, 1.807) is 20.8 Å². The van der Waals surface area contributed by atoms with Crippen LogP contribution in [0.5, 0.6) is 0 Å². The molecule has 2 heterocycles. The van der Waals surface area contributed by atoms with Gasteiger partial charge in [0.05, 0.1) is 19.0 Å². The lowest BCUT2D eigenvalue weighted by Gasteiger charge is -2.16. The van der Waals surface area contributed by atoms with Crippen molar-refractivity contribution in [3.63, 3.8) is 0 Å². The number of hydrogen-bond acceptors (Lipinski definition) is 6. The van der Waals surface area contributed by atoms with Gasteiger partial charge in [-0.15, -0.1) is 0 Å². The highest BCUT2D eigenvalue weighted by molar-refractivity contribution is 7.57. The summed E-state index contributed by atoms with van der Waals surface area (Å²) in [6.07, 6.45) is 1.93. The number of hydrogen-bond donors (Lipinski definition) is 1. The number of aryl methyl sites for hydroxylation is 1. The third-order valence-electron chi connectivity index (χ3n) is 3.30. The van der Waals surface area contributed by atoms with Crippen LogP contribution in [0.3, 0.4) is 0 Å². The predicted molar refractivity (Wildman–Crippen MR) is 84.4 cm³/mol. The van der Waals surface area contributed by atoms with Crippen molar-refractivity contribution in [3.05, 3.63) is 44.2 Å². The molecular weight excluding hydrogens is 323 g/mol. The number of allylic oxidation sites excluding steroid dienone is 1. The Hall–Kier alpha value is -1.63. The molecule has 1 fully saturated rings. The van der Waals surface area contributed by atoms with E-state index in [0.29, 0.717) is 24.2 Å². The second-order valence-electron chi connectivity index (χ2n) is 5.06. The molecule has 1 saturated heterocycles. The van der Waals surface area contributed by atoms with Gasteiger partial charge in [0.15, 0.2) is 6.23 Å². The van der Waals surface area contributed by atoms with E-state index in [1.165, 1.54) is 16.6 Å². The van der Waals surface area contributed by atoms with E-state index in [1.807, 2.05) is 0 Å². The Morgan fingerprint density at radius 3 is 2.65 bits per heavy atom. The van der Waals surface area contributed by atoms with Crippen LogP contribution in [0.2, 0.25) is 0 Å². The van der Waals surface area contributed by atoms with Gasteiger partial charge in [-0.1, -0.05) is 0 Å². The molecule has 0 amide bonds. The number of nitrogens with zero attached hydrogens (tertiary/aromatic N) is 1. The summed E-state index contributed by atoms with van der Waals surface area (Å²) in [4.78, 5) is 25.5. The minimum Gasteiger partial charge on any atom is -0.474 e. The van der Waals surface area contributed by atoms with Crippen LogP contribution >= 0.6 is 7.60 Å². The van der Waals surface area contributed by atoms with Gasteiger partial charge >= 0.3 is 13.3 Å². The van der Waals surface area contributed by atoms with Gasteiger partial charge in [0, 0.05) is 24.6 Å². The highest BCUT2D eigenvalue weighted by atomic mass is 31.2. The smallest absolute Gasteiger partial charge is 0.357 e. The van der Waals surface area contributed by atoms with Gasteiger partial charge < -0.3 is 13.8 Å². The minimum atomic E-state index is -3.35. The first-order valence-corrected chi connectivity index (χ1v) is 9.09. The summed E-state index contributed by atoms with van der Waals surface area (Å²) in [7, 11) is -3.35. The van der Waals surface area contributed by atoms with E-state index >= 15 is 0 Å². The van der Waals surface area contributed by atoms with E-state index in [9.17, 15) is 14.2 Å². The minimum absolute atomic E-state index is 0.253. The van der Waals surface area contributed by atoms with Gasteiger partial charge in [-0.05, 0) is 20.8 Å². The molecular formula is C14H21N2O6P. The molecule has 1 aliphatic heterocycles. The molecule has 0 bridgehead atoms. The fourth-order valence-corrected chi connectivity index (χ4v) is 3.78. The first kappa shape index (κ1) is 17.7. The van der Waals surface area contributed by atoms with Gasteiger partial charge in [0.2, 0.25) is 0 Å². The van der Waals surface area contributed by atoms with Crippen LogP contribution in [0.25, 0.3) is 0 Å². The summed E-state index contributed by atoms with van der Waals surface area (Å²) >= 11 is 0. The zero-order chi connectivity index (χ0) is 17.0. The Bertz CT molecular complexity index is 740. The number of aromatic amines is 1. The fraction of sp³-hybridized carbons (Fsp3) is 0.571. The largest absolute Gasteiger partial charge is 0.474 e. The fourth-order valence-electron chi connectivity index (χ4n) is 2.30. The zero-order valence-electron chi connectivity index (χ0n) is 13.4. The van der Waals surface area contributed by atoms with Gasteiger partial charge in [-0.2, -0.15) is 0 Å². The van der Waals surface area contributed by atoms with Crippen LogP contribution in [0.1, 0.15) is 38.5 Å².